The number of amides is 1. The van der Waals surface area contributed by atoms with Gasteiger partial charge >= 0.3 is 6.18 Å². The van der Waals surface area contributed by atoms with Gasteiger partial charge in [-0.1, -0.05) is 6.08 Å². The first kappa shape index (κ1) is 16.5. The van der Waals surface area contributed by atoms with E-state index >= 15 is 0 Å². The van der Waals surface area contributed by atoms with Crippen molar-refractivity contribution in [2.45, 2.75) is 6.18 Å². The van der Waals surface area contributed by atoms with Gasteiger partial charge in [0.05, 0.1) is 23.0 Å². The summed E-state index contributed by atoms with van der Waals surface area (Å²) in [5.41, 5.74) is 0.571. The van der Waals surface area contributed by atoms with E-state index in [1.54, 1.807) is 12.1 Å². The number of nitrogens with one attached hydrogen (secondary N) is 2. The van der Waals surface area contributed by atoms with E-state index in [9.17, 15) is 18.0 Å². The highest BCUT2D eigenvalue weighted by Crippen LogP contribution is 2.30. The van der Waals surface area contributed by atoms with Gasteiger partial charge in [0.1, 0.15) is 0 Å². The molecule has 0 bridgehead atoms. The molecule has 0 atom stereocenters. The molecule has 2 N–H and O–H groups in total. The van der Waals surface area contributed by atoms with Gasteiger partial charge in [-0.25, -0.2) is 0 Å². The number of hydrogen-bond acceptors (Lipinski definition) is 3. The van der Waals surface area contributed by atoms with Crippen molar-refractivity contribution in [1.29, 1.82) is 0 Å². The molecule has 120 valence electrons. The van der Waals surface area contributed by atoms with Gasteiger partial charge in [0.25, 0.3) is 5.91 Å². The third-order valence-corrected chi connectivity index (χ3v) is 2.91. The fourth-order valence-electron chi connectivity index (χ4n) is 1.81. The Hall–Kier alpha value is -2.83. The Balaban J connectivity index is 2.11. The van der Waals surface area contributed by atoms with Crippen molar-refractivity contribution in [3.63, 3.8) is 0 Å². The van der Waals surface area contributed by atoms with Crippen LogP contribution in [0.15, 0.2) is 55.4 Å². The molecule has 0 spiro atoms. The van der Waals surface area contributed by atoms with Crippen LogP contribution in [0, 0.1) is 0 Å². The molecule has 0 saturated carbocycles. The Labute approximate surface area is 131 Å². The lowest BCUT2D eigenvalue weighted by atomic mass is 10.2. The summed E-state index contributed by atoms with van der Waals surface area (Å²) in [6.07, 6.45) is 0.0528. The lowest BCUT2D eigenvalue weighted by Gasteiger charge is -2.10. The van der Waals surface area contributed by atoms with Crippen LogP contribution in [-0.2, 0) is 6.18 Å². The smallest absolute Gasteiger partial charge is 0.354 e. The lowest BCUT2D eigenvalue weighted by Crippen LogP contribution is -2.23. The van der Waals surface area contributed by atoms with Gasteiger partial charge in [-0.15, -0.1) is 6.58 Å². The molecule has 0 unspecified atom stereocenters. The van der Waals surface area contributed by atoms with Gasteiger partial charge in [-0.2, -0.15) is 13.2 Å². The predicted octanol–water partition coefficient (Wildman–Crippen LogP) is 3.76. The maximum atomic E-state index is 12.5. The van der Waals surface area contributed by atoms with E-state index in [0.29, 0.717) is 23.5 Å². The Morgan fingerprint density at radius 2 is 1.87 bits per heavy atom. The molecule has 0 aliphatic heterocycles. The molecule has 0 saturated heterocycles. The average molecular weight is 321 g/mol. The monoisotopic (exact) mass is 321 g/mol. The van der Waals surface area contributed by atoms with Gasteiger partial charge in [0.15, 0.2) is 0 Å². The summed E-state index contributed by atoms with van der Waals surface area (Å²) in [6.45, 7) is 3.83. The third kappa shape index (κ3) is 4.57. The van der Waals surface area contributed by atoms with E-state index in [-0.39, 0.29) is 5.91 Å². The summed E-state index contributed by atoms with van der Waals surface area (Å²) >= 11 is 0. The lowest BCUT2D eigenvalue weighted by molar-refractivity contribution is -0.137. The van der Waals surface area contributed by atoms with Crippen molar-refractivity contribution >= 4 is 17.3 Å². The molecule has 0 aliphatic rings. The normalized spacial score (nSPS) is 10.9. The summed E-state index contributed by atoms with van der Waals surface area (Å²) < 4.78 is 37.5. The molecule has 1 heterocycles. The van der Waals surface area contributed by atoms with Crippen molar-refractivity contribution in [2.24, 2.45) is 0 Å². The van der Waals surface area contributed by atoms with Crippen LogP contribution in [0.4, 0.5) is 24.5 Å². The largest absolute Gasteiger partial charge is 0.416 e. The Kier molecular flexibility index (Phi) is 5.00. The number of anilines is 2. The molecule has 0 fully saturated rings. The first-order valence-corrected chi connectivity index (χ1v) is 6.68. The molecule has 4 nitrogen and oxygen atoms in total. The minimum Gasteiger partial charge on any atom is -0.354 e. The van der Waals surface area contributed by atoms with E-state index in [4.69, 9.17) is 0 Å². The number of carbonyl (C=O) groups is 1. The molecule has 1 aromatic carbocycles. The highest BCUT2D eigenvalue weighted by Gasteiger charge is 2.29. The van der Waals surface area contributed by atoms with Crippen LogP contribution in [0.5, 0.6) is 0 Å². The predicted molar refractivity (Wildman–Crippen MR) is 81.5 cm³/mol. The quantitative estimate of drug-likeness (QED) is 0.825. The van der Waals surface area contributed by atoms with E-state index < -0.39 is 11.7 Å². The maximum Gasteiger partial charge on any atom is 0.416 e. The second-order valence-electron chi connectivity index (χ2n) is 4.66. The van der Waals surface area contributed by atoms with Gasteiger partial charge in [-0.05, 0) is 30.3 Å². The Morgan fingerprint density at radius 1 is 1.17 bits per heavy atom. The molecule has 2 aromatic rings. The van der Waals surface area contributed by atoms with E-state index in [0.717, 1.165) is 12.1 Å². The standard InChI is InChI=1S/C16H14F3N3O/c1-2-7-21-15(23)11-8-14(10-20-9-11)22-13-5-3-12(4-6-13)16(17,18)19/h2-6,8-10,22H,1,7H2,(H,21,23). The van der Waals surface area contributed by atoms with Gasteiger partial charge in [0.2, 0.25) is 0 Å². The molecule has 23 heavy (non-hydrogen) atoms. The SMILES string of the molecule is C=CCNC(=O)c1cncc(Nc2ccc(C(F)(F)F)cc2)c1. The molecule has 0 aliphatic carbocycles. The van der Waals surface area contributed by atoms with Crippen molar-refractivity contribution in [3.8, 4) is 0 Å². The van der Waals surface area contributed by atoms with Crippen LogP contribution >= 0.6 is 0 Å². The average Bonchev–Trinajstić information content (AvgIpc) is 2.52. The van der Waals surface area contributed by atoms with Crippen molar-refractivity contribution in [1.82, 2.24) is 10.3 Å². The van der Waals surface area contributed by atoms with Gasteiger partial charge in [-0.3, -0.25) is 9.78 Å². The maximum absolute atomic E-state index is 12.5. The highest BCUT2D eigenvalue weighted by molar-refractivity contribution is 5.94. The van der Waals surface area contributed by atoms with Crippen molar-refractivity contribution in [2.75, 3.05) is 11.9 Å². The van der Waals surface area contributed by atoms with E-state index in [1.165, 1.54) is 24.5 Å². The third-order valence-electron chi connectivity index (χ3n) is 2.91. The number of nitrogens with zero attached hydrogens (tertiary/aromatic N) is 1. The second-order valence-corrected chi connectivity index (χ2v) is 4.66. The zero-order valence-corrected chi connectivity index (χ0v) is 12.0. The zero-order valence-electron chi connectivity index (χ0n) is 12.0. The van der Waals surface area contributed by atoms with Crippen LogP contribution in [0.25, 0.3) is 0 Å². The van der Waals surface area contributed by atoms with Crippen LogP contribution < -0.4 is 10.6 Å². The topological polar surface area (TPSA) is 54.0 Å². The van der Waals surface area contributed by atoms with E-state index in [1.807, 2.05) is 0 Å². The number of alkyl halides is 3. The van der Waals surface area contributed by atoms with Crippen LogP contribution in [0.1, 0.15) is 15.9 Å². The molecule has 7 heteroatoms. The molecule has 1 amide bonds. The number of aromatic nitrogens is 1. The molecule has 1 aromatic heterocycles. The molecule has 0 radical (unpaired) electrons. The van der Waals surface area contributed by atoms with Gasteiger partial charge in [0, 0.05) is 18.4 Å². The van der Waals surface area contributed by atoms with Crippen LogP contribution in [0.2, 0.25) is 0 Å². The summed E-state index contributed by atoms with van der Waals surface area (Å²) in [4.78, 5) is 15.7. The molecular formula is C16H14F3N3O. The molecule has 2 rings (SSSR count). The number of hydrogen-bond donors (Lipinski definition) is 2. The van der Waals surface area contributed by atoms with Crippen LogP contribution in [-0.4, -0.2) is 17.4 Å². The number of rotatable bonds is 5. The fourth-order valence-corrected chi connectivity index (χ4v) is 1.81. The first-order valence-electron chi connectivity index (χ1n) is 6.68. The summed E-state index contributed by atoms with van der Waals surface area (Å²) in [5, 5.41) is 5.52. The van der Waals surface area contributed by atoms with Gasteiger partial charge < -0.3 is 10.6 Å². The fraction of sp³-hybridized carbons (Fsp3) is 0.125. The summed E-state index contributed by atoms with van der Waals surface area (Å²) in [6, 6.07) is 6.15. The number of carbonyl (C=O) groups excluding carboxylic acids is 1. The summed E-state index contributed by atoms with van der Waals surface area (Å²) in [7, 11) is 0. The van der Waals surface area contributed by atoms with Crippen molar-refractivity contribution in [3.05, 3.63) is 66.5 Å². The van der Waals surface area contributed by atoms with Crippen molar-refractivity contribution < 1.29 is 18.0 Å². The first-order chi connectivity index (χ1) is 10.9. The Bertz CT molecular complexity index is 696. The Morgan fingerprint density at radius 3 is 2.48 bits per heavy atom. The summed E-state index contributed by atoms with van der Waals surface area (Å²) in [5.74, 6) is -0.312. The highest BCUT2D eigenvalue weighted by atomic mass is 19.4. The van der Waals surface area contributed by atoms with E-state index in [2.05, 4.69) is 22.2 Å². The number of benzene rings is 1. The number of pyridine rings is 1. The molecular weight excluding hydrogens is 307 g/mol. The minimum absolute atomic E-state index is 0.312. The number of halogens is 3. The van der Waals surface area contributed by atoms with Crippen LogP contribution in [0.3, 0.4) is 0 Å². The zero-order chi connectivity index (χ0) is 16.9. The second kappa shape index (κ2) is 6.95. The minimum atomic E-state index is -4.37.